The van der Waals surface area contributed by atoms with Crippen molar-refractivity contribution in [3.8, 4) is 11.5 Å². The molecule has 11 nitrogen and oxygen atoms in total. The monoisotopic (exact) mass is 567 g/mol. The first-order valence-corrected chi connectivity index (χ1v) is 13.2. The zero-order valence-electron chi connectivity index (χ0n) is 25.5. The van der Waals surface area contributed by atoms with E-state index >= 15 is 0 Å². The van der Waals surface area contributed by atoms with Crippen LogP contribution in [0.15, 0.2) is 18.2 Å². The Morgan fingerprint density at radius 1 is 0.775 bits per heavy atom. The molecule has 3 atom stereocenters. The number of ether oxygens (including phenoxy) is 6. The maximum absolute atomic E-state index is 12.7. The van der Waals surface area contributed by atoms with E-state index in [1.54, 1.807) is 75.3 Å². The number of carbonyl (C=O) groups excluding carboxylic acids is 4. The molecule has 2 N–H and O–H groups in total. The lowest BCUT2D eigenvalue weighted by molar-refractivity contribution is -0.172. The molecule has 0 aliphatic carbocycles. The first-order chi connectivity index (χ1) is 18.1. The normalized spacial score (nSPS) is 14.3. The van der Waals surface area contributed by atoms with Gasteiger partial charge in [-0.3, -0.25) is 9.59 Å². The number of carbonyl (C=O) groups is 4. The Kier molecular flexibility index (Phi) is 12.0. The maximum atomic E-state index is 12.7. The number of nitrogens with two attached hydrogens (primary N) is 1. The highest BCUT2D eigenvalue weighted by Gasteiger charge is 2.31. The van der Waals surface area contributed by atoms with Gasteiger partial charge in [-0.25, -0.2) is 9.59 Å². The summed E-state index contributed by atoms with van der Waals surface area (Å²) in [5.74, 6) is -1.33. The largest absolute Gasteiger partial charge is 0.514 e. The van der Waals surface area contributed by atoms with Gasteiger partial charge >= 0.3 is 24.2 Å². The molecule has 0 aliphatic heterocycles. The van der Waals surface area contributed by atoms with E-state index in [2.05, 4.69) is 0 Å². The van der Waals surface area contributed by atoms with Gasteiger partial charge in [0.1, 0.15) is 29.5 Å². The number of rotatable bonds is 10. The Morgan fingerprint density at radius 2 is 1.25 bits per heavy atom. The van der Waals surface area contributed by atoms with Crippen LogP contribution in [0.5, 0.6) is 11.5 Å². The average Bonchev–Trinajstić information content (AvgIpc) is 2.77. The summed E-state index contributed by atoms with van der Waals surface area (Å²) in [6, 6.07) is 3.24. The fourth-order valence-electron chi connectivity index (χ4n) is 2.84. The van der Waals surface area contributed by atoms with Crippen molar-refractivity contribution in [3.05, 3.63) is 23.8 Å². The lowest BCUT2D eigenvalue weighted by Crippen LogP contribution is -2.40. The summed E-state index contributed by atoms with van der Waals surface area (Å²) in [5, 5.41) is 0. The molecule has 1 aromatic rings. The highest BCUT2D eigenvalue weighted by atomic mass is 16.8. The number of hydrogen-bond acceptors (Lipinski definition) is 11. The second-order valence-electron chi connectivity index (χ2n) is 12.2. The van der Waals surface area contributed by atoms with Gasteiger partial charge in [0, 0.05) is 0 Å². The van der Waals surface area contributed by atoms with E-state index in [1.165, 1.54) is 12.1 Å². The summed E-state index contributed by atoms with van der Waals surface area (Å²) in [6.45, 7) is 18.7. The van der Waals surface area contributed by atoms with Crippen molar-refractivity contribution >= 4 is 24.2 Å². The zero-order chi connectivity index (χ0) is 31.1. The first kappa shape index (κ1) is 34.7. The molecule has 0 fully saturated rings. The van der Waals surface area contributed by atoms with Gasteiger partial charge in [-0.15, -0.1) is 0 Å². The van der Waals surface area contributed by atoms with E-state index in [1.807, 2.05) is 6.92 Å². The van der Waals surface area contributed by atoms with Gasteiger partial charge < -0.3 is 34.2 Å². The zero-order valence-corrected chi connectivity index (χ0v) is 25.5. The molecule has 0 spiro atoms. The molecule has 0 saturated carbocycles. The third-order valence-corrected chi connectivity index (χ3v) is 5.62. The summed E-state index contributed by atoms with van der Waals surface area (Å²) >= 11 is 0. The maximum Gasteiger partial charge on any atom is 0.514 e. The van der Waals surface area contributed by atoms with Gasteiger partial charge in [-0.05, 0) is 99.8 Å². The molecule has 1 rings (SSSR count). The Labute approximate surface area is 236 Å². The summed E-state index contributed by atoms with van der Waals surface area (Å²) in [4.78, 5) is 49.6. The van der Waals surface area contributed by atoms with Crippen LogP contribution in [0.1, 0.15) is 88.1 Å². The van der Waals surface area contributed by atoms with E-state index in [0.717, 1.165) is 0 Å². The summed E-state index contributed by atoms with van der Waals surface area (Å²) in [7, 11) is 0. The molecule has 226 valence electrons. The Hall–Kier alpha value is -3.34. The molecule has 40 heavy (non-hydrogen) atoms. The third-order valence-electron chi connectivity index (χ3n) is 5.62. The molecule has 0 aromatic heterocycles. The number of esters is 2. The van der Waals surface area contributed by atoms with Gasteiger partial charge in [-0.2, -0.15) is 0 Å². The summed E-state index contributed by atoms with van der Waals surface area (Å²) in [5.41, 5.74) is 4.27. The second-order valence-corrected chi connectivity index (χ2v) is 12.2. The predicted octanol–water partition coefficient (Wildman–Crippen LogP) is 5.48. The van der Waals surface area contributed by atoms with Crippen LogP contribution in [0.4, 0.5) is 9.59 Å². The van der Waals surface area contributed by atoms with Crippen LogP contribution in [0, 0.1) is 5.41 Å². The molecule has 1 aromatic carbocycles. The quantitative estimate of drug-likeness (QED) is 0.217. The highest BCUT2D eigenvalue weighted by molar-refractivity contribution is 5.77. The van der Waals surface area contributed by atoms with Crippen LogP contribution in [-0.2, 0) is 35.0 Å². The van der Waals surface area contributed by atoms with Crippen molar-refractivity contribution in [2.24, 2.45) is 11.1 Å². The summed E-state index contributed by atoms with van der Waals surface area (Å²) < 4.78 is 31.8. The van der Waals surface area contributed by atoms with Gasteiger partial charge in [-0.1, -0.05) is 13.0 Å². The van der Waals surface area contributed by atoms with Crippen molar-refractivity contribution in [1.29, 1.82) is 0 Å². The lowest BCUT2D eigenvalue weighted by Gasteiger charge is -2.27. The molecule has 0 saturated heterocycles. The van der Waals surface area contributed by atoms with Crippen LogP contribution in [0.25, 0.3) is 0 Å². The lowest BCUT2D eigenvalue weighted by atomic mass is 9.90. The SMILES string of the molecule is CCC(C)(C)C(=O)OC(C)[C@H](C)OC(=O)[C@@H](N)Cc1ccc(OC(=O)OC(C)(C)C)c(OC(=O)OC(C)(C)C)c1. The van der Waals surface area contributed by atoms with E-state index < -0.39 is 53.1 Å². The first-order valence-electron chi connectivity index (χ1n) is 13.2. The van der Waals surface area contributed by atoms with Crippen molar-refractivity contribution in [2.75, 3.05) is 0 Å². The van der Waals surface area contributed by atoms with Crippen molar-refractivity contribution in [2.45, 2.75) is 118 Å². The standard InChI is InChI=1S/C29H45NO10/c1-12-29(10,11)24(32)36-18(3)17(2)35-23(31)20(30)15-19-13-14-21(37-25(33)39-27(4,5)6)22(16-19)38-26(34)40-28(7,8)9/h13-14,16-18,20H,12,15,30H2,1-11H3/t17-,18?,20-/m0/s1. The minimum atomic E-state index is -1.09. The highest BCUT2D eigenvalue weighted by Crippen LogP contribution is 2.31. The Balaban J connectivity index is 3.01. The van der Waals surface area contributed by atoms with Crippen molar-refractivity contribution in [3.63, 3.8) is 0 Å². The van der Waals surface area contributed by atoms with Crippen LogP contribution < -0.4 is 15.2 Å². The van der Waals surface area contributed by atoms with Gasteiger partial charge in [0.25, 0.3) is 0 Å². The third kappa shape index (κ3) is 12.2. The van der Waals surface area contributed by atoms with E-state index in [4.69, 9.17) is 34.2 Å². The van der Waals surface area contributed by atoms with Gasteiger partial charge in [0.2, 0.25) is 0 Å². The second kappa shape index (κ2) is 13.8. The fraction of sp³-hybridized carbons (Fsp3) is 0.655. The molecule has 0 radical (unpaired) electrons. The van der Waals surface area contributed by atoms with Crippen LogP contribution in [0.3, 0.4) is 0 Å². The van der Waals surface area contributed by atoms with Crippen LogP contribution >= 0.6 is 0 Å². The molecule has 0 amide bonds. The van der Waals surface area contributed by atoms with Crippen molar-refractivity contribution in [1.82, 2.24) is 0 Å². The van der Waals surface area contributed by atoms with Crippen LogP contribution in [-0.4, -0.2) is 53.7 Å². The minimum absolute atomic E-state index is 0.0000161. The topological polar surface area (TPSA) is 150 Å². The van der Waals surface area contributed by atoms with Crippen LogP contribution in [0.2, 0.25) is 0 Å². The fourth-order valence-corrected chi connectivity index (χ4v) is 2.84. The van der Waals surface area contributed by atoms with E-state index in [9.17, 15) is 19.2 Å². The van der Waals surface area contributed by atoms with Crippen molar-refractivity contribution < 1.29 is 47.6 Å². The average molecular weight is 568 g/mol. The predicted molar refractivity (Wildman–Crippen MR) is 147 cm³/mol. The van der Waals surface area contributed by atoms with E-state index in [-0.39, 0.29) is 23.9 Å². The minimum Gasteiger partial charge on any atom is -0.458 e. The van der Waals surface area contributed by atoms with Gasteiger partial charge in [0.15, 0.2) is 11.5 Å². The molecule has 0 bridgehead atoms. The van der Waals surface area contributed by atoms with Gasteiger partial charge in [0.05, 0.1) is 5.41 Å². The Morgan fingerprint density at radius 3 is 1.73 bits per heavy atom. The molecular weight excluding hydrogens is 522 g/mol. The number of benzene rings is 1. The van der Waals surface area contributed by atoms with E-state index in [0.29, 0.717) is 12.0 Å². The molecule has 0 heterocycles. The molecule has 1 unspecified atom stereocenters. The smallest absolute Gasteiger partial charge is 0.458 e. The Bertz CT molecular complexity index is 1050. The number of hydrogen-bond donors (Lipinski definition) is 1. The molecular formula is C29H45NO10. The summed E-state index contributed by atoms with van der Waals surface area (Å²) in [6.07, 6.45) is -2.86. The molecule has 0 aliphatic rings. The molecule has 11 heteroatoms.